The van der Waals surface area contributed by atoms with Gasteiger partial charge in [0.15, 0.2) is 0 Å². The Labute approximate surface area is 197 Å². The number of aliphatic carboxylic acids is 1. The van der Waals surface area contributed by atoms with Crippen LogP contribution in [0.15, 0.2) is 30.5 Å². The summed E-state index contributed by atoms with van der Waals surface area (Å²) < 4.78 is 0. The van der Waals surface area contributed by atoms with Crippen LogP contribution in [0.1, 0.15) is 32.8 Å². The summed E-state index contributed by atoms with van der Waals surface area (Å²) in [4.78, 5) is 52.7. The molecule has 11 nitrogen and oxygen atoms in total. The second-order valence-corrected chi connectivity index (χ2v) is 8.37. The number of benzene rings is 1. The summed E-state index contributed by atoms with van der Waals surface area (Å²) in [5, 5.41) is 26.9. The van der Waals surface area contributed by atoms with E-state index < -0.39 is 54.5 Å². The highest BCUT2D eigenvalue weighted by Crippen LogP contribution is 2.19. The molecule has 0 fully saturated rings. The molecule has 0 bridgehead atoms. The number of aromatic nitrogens is 1. The van der Waals surface area contributed by atoms with E-state index >= 15 is 0 Å². The molecule has 0 spiro atoms. The third-order valence-electron chi connectivity index (χ3n) is 5.74. The van der Waals surface area contributed by atoms with E-state index in [-0.39, 0.29) is 12.3 Å². The maximum atomic E-state index is 13.2. The number of carboxylic acids is 1. The SMILES string of the molecule is CCC(C)C(NC(=O)C(C)N)C(=O)NC(Cc1c[nH]c2ccccc12)C(=O)NC(CO)C(=O)O. The van der Waals surface area contributed by atoms with Crippen LogP contribution in [0.3, 0.4) is 0 Å². The molecule has 5 atom stereocenters. The summed E-state index contributed by atoms with van der Waals surface area (Å²) in [6.07, 6.45) is 2.33. The van der Waals surface area contributed by atoms with E-state index in [1.807, 2.05) is 31.2 Å². The number of hydrogen-bond acceptors (Lipinski definition) is 6. The number of amides is 3. The van der Waals surface area contributed by atoms with Crippen molar-refractivity contribution in [2.75, 3.05) is 6.61 Å². The van der Waals surface area contributed by atoms with E-state index in [1.165, 1.54) is 6.92 Å². The highest BCUT2D eigenvalue weighted by atomic mass is 16.4. The molecule has 3 amide bonds. The molecule has 0 saturated heterocycles. The van der Waals surface area contributed by atoms with Gasteiger partial charge in [0.1, 0.15) is 18.1 Å². The van der Waals surface area contributed by atoms with Crippen LogP contribution >= 0.6 is 0 Å². The van der Waals surface area contributed by atoms with E-state index in [0.717, 1.165) is 16.5 Å². The number of aliphatic hydroxyl groups is 1. The van der Waals surface area contributed by atoms with Crippen molar-refractivity contribution in [3.8, 4) is 0 Å². The number of hydrogen-bond donors (Lipinski definition) is 7. The smallest absolute Gasteiger partial charge is 0.328 e. The molecule has 1 heterocycles. The standard InChI is InChI=1S/C23H33N5O6/c1-4-12(2)19(28-20(30)13(3)24)22(32)26-17(21(31)27-18(11-29)23(33)34)9-14-10-25-16-8-6-5-7-15(14)16/h5-8,10,12-13,17-19,25,29H,4,9,11,24H2,1-3H3,(H,26,32)(H,27,31)(H,28,30)(H,33,34). The van der Waals surface area contributed by atoms with Gasteiger partial charge in [0.25, 0.3) is 0 Å². The van der Waals surface area contributed by atoms with Gasteiger partial charge in [0.2, 0.25) is 17.7 Å². The number of carbonyl (C=O) groups excluding carboxylic acids is 3. The third kappa shape index (κ3) is 6.78. The van der Waals surface area contributed by atoms with Crippen LogP contribution in [0.5, 0.6) is 0 Å². The van der Waals surface area contributed by atoms with Crippen molar-refractivity contribution in [2.45, 2.75) is 57.8 Å². The first-order chi connectivity index (χ1) is 16.1. The molecule has 2 rings (SSSR count). The summed E-state index contributed by atoms with van der Waals surface area (Å²) in [5.41, 5.74) is 7.19. The van der Waals surface area contributed by atoms with Crippen LogP contribution in [0.25, 0.3) is 10.9 Å². The first-order valence-corrected chi connectivity index (χ1v) is 11.1. The molecule has 1 aromatic heterocycles. The van der Waals surface area contributed by atoms with Crippen molar-refractivity contribution in [3.63, 3.8) is 0 Å². The first kappa shape index (κ1) is 26.8. The van der Waals surface area contributed by atoms with Crippen LogP contribution in [-0.2, 0) is 25.6 Å². The van der Waals surface area contributed by atoms with Gasteiger partial charge in [0.05, 0.1) is 12.6 Å². The minimum Gasteiger partial charge on any atom is -0.480 e. The number of fused-ring (bicyclic) bond motifs is 1. The Morgan fingerprint density at radius 3 is 2.24 bits per heavy atom. The second-order valence-electron chi connectivity index (χ2n) is 8.37. The fourth-order valence-corrected chi connectivity index (χ4v) is 3.44. The Bertz CT molecular complexity index is 1020. The quantitative estimate of drug-likeness (QED) is 0.218. The van der Waals surface area contributed by atoms with Gasteiger partial charge in [-0.15, -0.1) is 0 Å². The van der Waals surface area contributed by atoms with Crippen LogP contribution < -0.4 is 21.7 Å². The number of aliphatic hydroxyl groups excluding tert-OH is 1. The van der Waals surface area contributed by atoms with Gasteiger partial charge in [-0.1, -0.05) is 38.5 Å². The maximum absolute atomic E-state index is 13.2. The Kier molecular flexibility index (Phi) is 9.58. The molecule has 0 aliphatic heterocycles. The van der Waals surface area contributed by atoms with E-state index in [4.69, 9.17) is 5.73 Å². The van der Waals surface area contributed by atoms with Gasteiger partial charge in [0, 0.05) is 23.5 Å². The Hall–Kier alpha value is -3.44. The predicted molar refractivity (Wildman–Crippen MR) is 126 cm³/mol. The fourth-order valence-electron chi connectivity index (χ4n) is 3.44. The van der Waals surface area contributed by atoms with Crippen LogP contribution in [-0.4, -0.2) is 69.7 Å². The van der Waals surface area contributed by atoms with Crippen molar-refractivity contribution in [1.29, 1.82) is 0 Å². The lowest BCUT2D eigenvalue weighted by atomic mass is 9.96. The normalized spacial score (nSPS) is 15.6. The average Bonchev–Trinajstić information content (AvgIpc) is 3.22. The number of para-hydroxylation sites is 1. The van der Waals surface area contributed by atoms with Crippen LogP contribution in [0, 0.1) is 5.92 Å². The van der Waals surface area contributed by atoms with E-state index in [2.05, 4.69) is 20.9 Å². The molecule has 186 valence electrons. The molecule has 5 unspecified atom stereocenters. The third-order valence-corrected chi connectivity index (χ3v) is 5.74. The van der Waals surface area contributed by atoms with Crippen molar-refractivity contribution in [1.82, 2.24) is 20.9 Å². The molecule has 34 heavy (non-hydrogen) atoms. The average molecular weight is 476 g/mol. The molecule has 8 N–H and O–H groups in total. The monoisotopic (exact) mass is 475 g/mol. The zero-order valence-electron chi connectivity index (χ0n) is 19.5. The van der Waals surface area contributed by atoms with Gasteiger partial charge in [-0.05, 0) is 24.5 Å². The molecule has 0 radical (unpaired) electrons. The number of nitrogens with two attached hydrogens (primary N) is 1. The number of carboxylic acid groups (broad SMARTS) is 1. The largest absolute Gasteiger partial charge is 0.480 e. The van der Waals surface area contributed by atoms with Crippen LogP contribution in [0.2, 0.25) is 0 Å². The Balaban J connectivity index is 2.33. The molecule has 1 aromatic carbocycles. The molecule has 2 aromatic rings. The topological polar surface area (TPSA) is 187 Å². The zero-order chi connectivity index (χ0) is 25.4. The lowest BCUT2D eigenvalue weighted by molar-refractivity contribution is -0.143. The van der Waals surface area contributed by atoms with Gasteiger partial charge in [-0.3, -0.25) is 14.4 Å². The molecule has 0 aliphatic carbocycles. The molecule has 0 saturated carbocycles. The Morgan fingerprint density at radius 2 is 1.65 bits per heavy atom. The molecule has 11 heteroatoms. The molecular weight excluding hydrogens is 442 g/mol. The number of carbonyl (C=O) groups is 4. The van der Waals surface area contributed by atoms with Crippen molar-refractivity contribution in [3.05, 3.63) is 36.0 Å². The van der Waals surface area contributed by atoms with Gasteiger partial charge in [-0.2, -0.15) is 0 Å². The summed E-state index contributed by atoms with van der Waals surface area (Å²) in [6.45, 7) is 4.33. The van der Waals surface area contributed by atoms with Gasteiger partial charge in [-0.25, -0.2) is 4.79 Å². The van der Waals surface area contributed by atoms with E-state index in [9.17, 15) is 29.4 Å². The van der Waals surface area contributed by atoms with Crippen molar-refractivity contribution < 1.29 is 29.4 Å². The summed E-state index contributed by atoms with van der Waals surface area (Å²) in [5.74, 6) is -3.55. The van der Waals surface area contributed by atoms with Gasteiger partial charge < -0.3 is 36.9 Å². The fraction of sp³-hybridized carbons (Fsp3) is 0.478. The number of nitrogens with one attached hydrogen (secondary N) is 4. The second kappa shape index (κ2) is 12.1. The molecular formula is C23H33N5O6. The van der Waals surface area contributed by atoms with E-state index in [0.29, 0.717) is 6.42 Å². The molecule has 0 aliphatic rings. The summed E-state index contributed by atoms with van der Waals surface area (Å²) >= 11 is 0. The van der Waals surface area contributed by atoms with Crippen molar-refractivity contribution in [2.24, 2.45) is 11.7 Å². The number of H-pyrrole nitrogens is 1. The highest BCUT2D eigenvalue weighted by molar-refractivity contribution is 5.95. The lowest BCUT2D eigenvalue weighted by Gasteiger charge is -2.27. The predicted octanol–water partition coefficient (Wildman–Crippen LogP) is -0.365. The van der Waals surface area contributed by atoms with Crippen LogP contribution in [0.4, 0.5) is 0 Å². The Morgan fingerprint density at radius 1 is 1.00 bits per heavy atom. The van der Waals surface area contributed by atoms with Crippen molar-refractivity contribution >= 4 is 34.6 Å². The minimum absolute atomic E-state index is 0.0494. The maximum Gasteiger partial charge on any atom is 0.328 e. The highest BCUT2D eigenvalue weighted by Gasteiger charge is 2.32. The number of rotatable bonds is 12. The minimum atomic E-state index is -1.53. The summed E-state index contributed by atoms with van der Waals surface area (Å²) in [7, 11) is 0. The van der Waals surface area contributed by atoms with Gasteiger partial charge >= 0.3 is 5.97 Å². The first-order valence-electron chi connectivity index (χ1n) is 11.1. The summed E-state index contributed by atoms with van der Waals surface area (Å²) in [6, 6.07) is 2.93. The number of aromatic amines is 1. The zero-order valence-corrected chi connectivity index (χ0v) is 19.5. The van der Waals surface area contributed by atoms with E-state index in [1.54, 1.807) is 13.1 Å². The lowest BCUT2D eigenvalue weighted by Crippen LogP contribution is -2.59.